The third-order valence-corrected chi connectivity index (χ3v) is 4.06. The number of aryl methyl sites for hydroxylation is 1. The topological polar surface area (TPSA) is 52.0 Å². The van der Waals surface area contributed by atoms with Crippen molar-refractivity contribution in [2.45, 2.75) is 10.6 Å². The van der Waals surface area contributed by atoms with Gasteiger partial charge in [-0.25, -0.2) is 17.8 Å². The molecule has 0 atom stereocenters. The number of rotatable bonds is 3. The first kappa shape index (κ1) is 11.8. The maximum absolute atomic E-state index is 13.0. The molecule has 2 rings (SSSR count). The number of nitrogens with zero attached hydrogens (tertiary/aromatic N) is 2. The molecule has 0 fully saturated rings. The smallest absolute Gasteiger partial charge is 0.184 e. The Kier molecular flexibility index (Phi) is 2.97. The second kappa shape index (κ2) is 4.29. The van der Waals surface area contributed by atoms with Crippen molar-refractivity contribution in [3.8, 4) is 0 Å². The third-order valence-electron chi connectivity index (χ3n) is 2.41. The lowest BCUT2D eigenvalue weighted by Crippen LogP contribution is -2.08. The molecule has 4 nitrogen and oxygen atoms in total. The first-order valence-corrected chi connectivity index (χ1v) is 6.58. The molecule has 0 aliphatic heterocycles. The van der Waals surface area contributed by atoms with E-state index in [2.05, 4.69) is 4.98 Å². The van der Waals surface area contributed by atoms with Gasteiger partial charge in [-0.15, -0.1) is 0 Å². The molecule has 1 heterocycles. The molecule has 0 aliphatic carbocycles. The van der Waals surface area contributed by atoms with Gasteiger partial charge in [0.25, 0.3) is 0 Å². The summed E-state index contributed by atoms with van der Waals surface area (Å²) in [5.74, 6) is -0.747. The van der Waals surface area contributed by atoms with Gasteiger partial charge in [0.2, 0.25) is 0 Å². The molecule has 90 valence electrons. The first-order valence-electron chi connectivity index (χ1n) is 4.92. The maximum atomic E-state index is 13.0. The largest absolute Gasteiger partial charge is 0.337 e. The molecule has 0 radical (unpaired) electrons. The van der Waals surface area contributed by atoms with E-state index in [4.69, 9.17) is 0 Å². The molecule has 0 spiro atoms. The van der Waals surface area contributed by atoms with Gasteiger partial charge in [-0.3, -0.25) is 0 Å². The van der Waals surface area contributed by atoms with Crippen LogP contribution >= 0.6 is 0 Å². The number of halogens is 1. The lowest BCUT2D eigenvalue weighted by Gasteiger charge is -2.05. The quantitative estimate of drug-likeness (QED) is 0.834. The standard InChI is InChI=1S/C11H11FN2O2S/c1-14-8-13-6-10(14)7-17(15,16)11-4-2-3-9(12)5-11/h2-6,8H,7H2,1H3. The van der Waals surface area contributed by atoms with Crippen LogP contribution in [0.4, 0.5) is 4.39 Å². The van der Waals surface area contributed by atoms with Gasteiger partial charge in [0.05, 0.1) is 22.7 Å². The summed E-state index contributed by atoms with van der Waals surface area (Å²) in [5.41, 5.74) is 0.564. The van der Waals surface area contributed by atoms with Crippen molar-refractivity contribution in [1.29, 1.82) is 0 Å². The normalized spacial score (nSPS) is 11.6. The average Bonchev–Trinajstić information content (AvgIpc) is 2.64. The Morgan fingerprint density at radius 3 is 2.76 bits per heavy atom. The highest BCUT2D eigenvalue weighted by atomic mass is 32.2. The molecule has 0 aliphatic rings. The summed E-state index contributed by atoms with van der Waals surface area (Å²) in [6.45, 7) is 0. The molecule has 0 bridgehead atoms. The van der Waals surface area contributed by atoms with Crippen molar-refractivity contribution in [3.05, 3.63) is 48.3 Å². The summed E-state index contributed by atoms with van der Waals surface area (Å²) in [4.78, 5) is 3.83. The van der Waals surface area contributed by atoms with E-state index < -0.39 is 15.7 Å². The number of benzene rings is 1. The Hall–Kier alpha value is -1.69. The monoisotopic (exact) mass is 254 g/mol. The molecule has 2 aromatic rings. The van der Waals surface area contributed by atoms with Crippen molar-refractivity contribution < 1.29 is 12.8 Å². The highest BCUT2D eigenvalue weighted by molar-refractivity contribution is 7.90. The van der Waals surface area contributed by atoms with Gasteiger partial charge in [-0.05, 0) is 18.2 Å². The maximum Gasteiger partial charge on any atom is 0.184 e. The molecule has 0 amide bonds. The fraction of sp³-hybridized carbons (Fsp3) is 0.182. The van der Waals surface area contributed by atoms with E-state index in [-0.39, 0.29) is 10.6 Å². The van der Waals surface area contributed by atoms with E-state index in [0.717, 1.165) is 6.07 Å². The van der Waals surface area contributed by atoms with Crippen LogP contribution in [0.2, 0.25) is 0 Å². The van der Waals surface area contributed by atoms with E-state index in [0.29, 0.717) is 5.69 Å². The zero-order valence-electron chi connectivity index (χ0n) is 9.17. The van der Waals surface area contributed by atoms with Crippen LogP contribution < -0.4 is 0 Å². The minimum atomic E-state index is -3.53. The lowest BCUT2D eigenvalue weighted by atomic mass is 10.4. The second-order valence-electron chi connectivity index (χ2n) is 3.71. The Bertz CT molecular complexity index is 634. The Balaban J connectivity index is 2.35. The van der Waals surface area contributed by atoms with E-state index in [1.54, 1.807) is 11.6 Å². The van der Waals surface area contributed by atoms with Crippen LogP contribution in [0, 0.1) is 5.82 Å². The van der Waals surface area contributed by atoms with Crippen molar-refractivity contribution in [3.63, 3.8) is 0 Å². The number of imidazole rings is 1. The van der Waals surface area contributed by atoms with E-state index >= 15 is 0 Å². The van der Waals surface area contributed by atoms with Crippen molar-refractivity contribution in [2.75, 3.05) is 0 Å². The van der Waals surface area contributed by atoms with Crippen LogP contribution in [-0.2, 0) is 22.6 Å². The molecular formula is C11H11FN2O2S. The molecule has 6 heteroatoms. The van der Waals surface area contributed by atoms with E-state index in [9.17, 15) is 12.8 Å². The Morgan fingerprint density at radius 2 is 2.18 bits per heavy atom. The minimum Gasteiger partial charge on any atom is -0.337 e. The van der Waals surface area contributed by atoms with Gasteiger partial charge in [-0.1, -0.05) is 6.07 Å². The van der Waals surface area contributed by atoms with Crippen LogP contribution in [0.25, 0.3) is 0 Å². The predicted octanol–water partition coefficient (Wildman–Crippen LogP) is 1.53. The van der Waals surface area contributed by atoms with Crippen LogP contribution in [0.3, 0.4) is 0 Å². The van der Waals surface area contributed by atoms with Gasteiger partial charge in [0.15, 0.2) is 9.84 Å². The van der Waals surface area contributed by atoms with E-state index in [1.165, 1.54) is 30.7 Å². The zero-order valence-corrected chi connectivity index (χ0v) is 9.98. The molecule has 17 heavy (non-hydrogen) atoms. The van der Waals surface area contributed by atoms with Crippen molar-refractivity contribution >= 4 is 9.84 Å². The van der Waals surface area contributed by atoms with Gasteiger partial charge in [0, 0.05) is 13.2 Å². The lowest BCUT2D eigenvalue weighted by molar-refractivity contribution is 0.588. The van der Waals surface area contributed by atoms with Crippen LogP contribution in [0.1, 0.15) is 5.69 Å². The zero-order chi connectivity index (χ0) is 12.5. The summed E-state index contributed by atoms with van der Waals surface area (Å²) < 4.78 is 38.6. The SMILES string of the molecule is Cn1cncc1CS(=O)(=O)c1cccc(F)c1. The van der Waals surface area contributed by atoms with Crippen LogP contribution in [0.15, 0.2) is 41.7 Å². The molecule has 0 N–H and O–H groups in total. The van der Waals surface area contributed by atoms with E-state index in [1.807, 2.05) is 0 Å². The summed E-state index contributed by atoms with van der Waals surface area (Å²) in [6.07, 6.45) is 3.01. The summed E-state index contributed by atoms with van der Waals surface area (Å²) in [6, 6.07) is 5.00. The van der Waals surface area contributed by atoms with Gasteiger partial charge < -0.3 is 4.57 Å². The number of sulfone groups is 1. The average molecular weight is 254 g/mol. The summed E-state index contributed by atoms with van der Waals surface area (Å²) in [5, 5.41) is 0. The molecular weight excluding hydrogens is 243 g/mol. The van der Waals surface area contributed by atoms with Crippen molar-refractivity contribution in [1.82, 2.24) is 9.55 Å². The molecule has 0 saturated heterocycles. The molecule has 1 aromatic carbocycles. The Morgan fingerprint density at radius 1 is 1.41 bits per heavy atom. The number of hydrogen-bond acceptors (Lipinski definition) is 3. The van der Waals surface area contributed by atoms with Gasteiger partial charge in [-0.2, -0.15) is 0 Å². The minimum absolute atomic E-state index is 0.0151. The van der Waals surface area contributed by atoms with Crippen LogP contribution in [-0.4, -0.2) is 18.0 Å². The second-order valence-corrected chi connectivity index (χ2v) is 5.70. The number of aromatic nitrogens is 2. The highest BCUT2D eigenvalue weighted by Gasteiger charge is 2.17. The molecule has 0 saturated carbocycles. The van der Waals surface area contributed by atoms with Crippen molar-refractivity contribution in [2.24, 2.45) is 7.05 Å². The fourth-order valence-electron chi connectivity index (χ4n) is 1.46. The Labute approximate surface area is 98.6 Å². The first-order chi connectivity index (χ1) is 7.99. The fourth-order valence-corrected chi connectivity index (χ4v) is 2.87. The third kappa shape index (κ3) is 2.52. The summed E-state index contributed by atoms with van der Waals surface area (Å²) in [7, 11) is -1.82. The highest BCUT2D eigenvalue weighted by Crippen LogP contribution is 2.16. The van der Waals surface area contributed by atoms with Gasteiger partial charge >= 0.3 is 0 Å². The van der Waals surface area contributed by atoms with Gasteiger partial charge in [0.1, 0.15) is 5.82 Å². The molecule has 0 unspecified atom stereocenters. The summed E-state index contributed by atoms with van der Waals surface area (Å²) >= 11 is 0. The predicted molar refractivity (Wildman–Crippen MR) is 60.5 cm³/mol. The molecule has 1 aromatic heterocycles. The number of hydrogen-bond donors (Lipinski definition) is 0. The van der Waals surface area contributed by atoms with Crippen LogP contribution in [0.5, 0.6) is 0 Å².